The molecule has 28 heavy (non-hydrogen) atoms. The van der Waals surface area contributed by atoms with Crippen molar-refractivity contribution in [1.29, 1.82) is 0 Å². The molecule has 2 heterocycles. The maximum atomic E-state index is 13.1. The van der Waals surface area contributed by atoms with Gasteiger partial charge in [0.25, 0.3) is 0 Å². The van der Waals surface area contributed by atoms with E-state index in [0.29, 0.717) is 11.7 Å². The van der Waals surface area contributed by atoms with E-state index in [1.165, 1.54) is 17.0 Å². The third-order valence-corrected chi connectivity index (χ3v) is 5.91. The largest absolute Gasteiger partial charge is 0.418 e. The van der Waals surface area contributed by atoms with Crippen LogP contribution in [0.5, 0.6) is 0 Å². The van der Waals surface area contributed by atoms with Crippen LogP contribution < -0.4 is 5.32 Å². The quantitative estimate of drug-likeness (QED) is 0.520. The number of para-hydroxylation sites is 1. The molecule has 0 radical (unpaired) electrons. The highest BCUT2D eigenvalue weighted by atomic mass is 35.5. The molecule has 0 spiro atoms. The highest BCUT2D eigenvalue weighted by molar-refractivity contribution is 7.99. The minimum Gasteiger partial charge on any atom is -0.324 e. The minimum atomic E-state index is -4.62. The molecule has 1 aromatic carbocycles. The molecular weight excluding hydrogens is 433 g/mol. The topological polar surface area (TPSA) is 59.8 Å². The predicted octanol–water partition coefficient (Wildman–Crippen LogP) is 4.99. The van der Waals surface area contributed by atoms with Gasteiger partial charge in [-0.15, -0.1) is 21.5 Å². The first-order valence-corrected chi connectivity index (χ1v) is 10.3. The average Bonchev–Trinajstić information content (AvgIpc) is 3.30. The number of carbonyl (C=O) groups is 1. The van der Waals surface area contributed by atoms with Gasteiger partial charge in [0, 0.05) is 11.4 Å². The second kappa shape index (κ2) is 8.97. The van der Waals surface area contributed by atoms with E-state index in [4.69, 9.17) is 11.6 Å². The summed E-state index contributed by atoms with van der Waals surface area (Å²) in [5, 5.41) is 12.4. The fourth-order valence-corrected chi connectivity index (χ4v) is 4.05. The van der Waals surface area contributed by atoms with Crippen LogP contribution in [0.4, 0.5) is 18.9 Å². The van der Waals surface area contributed by atoms with Crippen LogP contribution in [0.3, 0.4) is 0 Å². The number of thioether (sulfide) groups is 1. The van der Waals surface area contributed by atoms with E-state index in [-0.39, 0.29) is 10.8 Å². The summed E-state index contributed by atoms with van der Waals surface area (Å²) in [7, 11) is 0. The summed E-state index contributed by atoms with van der Waals surface area (Å²) in [6.07, 6.45) is -2.27. The van der Waals surface area contributed by atoms with E-state index in [0.717, 1.165) is 24.2 Å². The Morgan fingerprint density at radius 2 is 2.11 bits per heavy atom. The number of halogens is 4. The van der Waals surface area contributed by atoms with E-state index in [1.54, 1.807) is 22.2 Å². The van der Waals surface area contributed by atoms with Gasteiger partial charge in [-0.05, 0) is 30.0 Å². The number of benzene rings is 1. The lowest BCUT2D eigenvalue weighted by molar-refractivity contribution is -0.137. The Balaban J connectivity index is 1.61. The van der Waals surface area contributed by atoms with Gasteiger partial charge in [0.1, 0.15) is 6.33 Å². The zero-order valence-electron chi connectivity index (χ0n) is 14.2. The third-order valence-electron chi connectivity index (χ3n) is 3.68. The van der Waals surface area contributed by atoms with E-state index < -0.39 is 23.3 Å². The molecule has 0 unspecified atom stereocenters. The van der Waals surface area contributed by atoms with Gasteiger partial charge in [-0.25, -0.2) is 0 Å². The Labute approximate surface area is 171 Å². The molecule has 148 valence electrons. The van der Waals surface area contributed by atoms with Crippen LogP contribution in [0, 0.1) is 0 Å². The Kier molecular flexibility index (Phi) is 6.63. The number of thiophene rings is 1. The summed E-state index contributed by atoms with van der Waals surface area (Å²) in [6, 6.07) is 7.34. The lowest BCUT2D eigenvalue weighted by Crippen LogP contribution is -2.19. The number of carbonyl (C=O) groups excluding carboxylic acids is 1. The molecule has 0 saturated carbocycles. The smallest absolute Gasteiger partial charge is 0.324 e. The number of rotatable bonds is 7. The Morgan fingerprint density at radius 1 is 1.29 bits per heavy atom. The van der Waals surface area contributed by atoms with Gasteiger partial charge in [-0.2, -0.15) is 13.2 Å². The molecule has 0 atom stereocenters. The second-order valence-corrected chi connectivity index (χ2v) is 8.02. The molecule has 2 aromatic heterocycles. The zero-order valence-corrected chi connectivity index (χ0v) is 16.6. The van der Waals surface area contributed by atoms with Crippen LogP contribution in [0.25, 0.3) is 0 Å². The lowest BCUT2D eigenvalue weighted by Gasteiger charge is -2.15. The Morgan fingerprint density at radius 3 is 2.82 bits per heavy atom. The molecule has 0 saturated heterocycles. The van der Waals surface area contributed by atoms with Crippen molar-refractivity contribution in [3.8, 4) is 0 Å². The van der Waals surface area contributed by atoms with Gasteiger partial charge in [-0.3, -0.25) is 4.79 Å². The van der Waals surface area contributed by atoms with Crippen LogP contribution in [-0.2, 0) is 23.9 Å². The van der Waals surface area contributed by atoms with Gasteiger partial charge < -0.3 is 9.88 Å². The molecule has 0 bridgehead atoms. The Bertz CT molecular complexity index is 944. The van der Waals surface area contributed by atoms with E-state index in [9.17, 15) is 18.0 Å². The van der Waals surface area contributed by atoms with Crippen LogP contribution in [0.2, 0.25) is 5.02 Å². The second-order valence-electron chi connectivity index (χ2n) is 5.63. The van der Waals surface area contributed by atoms with Crippen molar-refractivity contribution in [1.82, 2.24) is 14.8 Å². The number of nitrogens with zero attached hydrogens (tertiary/aromatic N) is 3. The molecule has 0 aliphatic carbocycles. The summed E-state index contributed by atoms with van der Waals surface area (Å²) >= 11 is 8.59. The molecule has 1 N–H and O–H groups in total. The van der Waals surface area contributed by atoms with Gasteiger partial charge in [0.2, 0.25) is 5.91 Å². The number of aryl methyl sites for hydroxylation is 2. The maximum Gasteiger partial charge on any atom is 0.418 e. The van der Waals surface area contributed by atoms with Gasteiger partial charge in [-0.1, -0.05) is 35.5 Å². The number of nitrogens with one attached hydrogen (secondary N) is 1. The van der Waals surface area contributed by atoms with Gasteiger partial charge in [0.05, 0.1) is 22.0 Å². The fraction of sp³-hybridized carbons (Fsp3) is 0.235. The predicted molar refractivity (Wildman–Crippen MR) is 104 cm³/mol. The van der Waals surface area contributed by atoms with E-state index in [1.807, 2.05) is 17.5 Å². The molecule has 0 aliphatic rings. The maximum absolute atomic E-state index is 13.1. The summed E-state index contributed by atoms with van der Waals surface area (Å²) < 4.78 is 41.1. The van der Waals surface area contributed by atoms with Crippen LogP contribution in [0.15, 0.2) is 47.2 Å². The van der Waals surface area contributed by atoms with Crippen LogP contribution in [0.1, 0.15) is 10.4 Å². The molecule has 11 heteroatoms. The van der Waals surface area contributed by atoms with Gasteiger partial charge in [0.15, 0.2) is 5.16 Å². The third kappa shape index (κ3) is 5.27. The van der Waals surface area contributed by atoms with Crippen molar-refractivity contribution < 1.29 is 18.0 Å². The number of anilines is 1. The number of alkyl halides is 3. The van der Waals surface area contributed by atoms with Crippen LogP contribution >= 0.6 is 34.7 Å². The first kappa shape index (κ1) is 20.7. The minimum absolute atomic E-state index is 0.125. The summed E-state index contributed by atoms with van der Waals surface area (Å²) in [4.78, 5) is 13.4. The standard InChI is InChI=1S/C17H14ClF3N4OS2/c18-13-5-1-4-12(17(19,20)21)15(13)23-14(26)9-28-16-24-22-10-25(16)7-6-11-3-2-8-27-11/h1-5,8,10H,6-7,9H2,(H,23,26). The monoisotopic (exact) mass is 446 g/mol. The SMILES string of the molecule is O=C(CSc1nncn1CCc1cccs1)Nc1c(Cl)cccc1C(F)(F)F. The van der Waals surface area contributed by atoms with Crippen molar-refractivity contribution in [2.24, 2.45) is 0 Å². The number of hydrogen-bond donors (Lipinski definition) is 1. The zero-order chi connectivity index (χ0) is 20.1. The van der Waals surface area contributed by atoms with Crippen LogP contribution in [-0.4, -0.2) is 26.4 Å². The first-order valence-electron chi connectivity index (χ1n) is 8.03. The molecule has 5 nitrogen and oxygen atoms in total. The van der Waals surface area contributed by atoms with Crippen molar-refractivity contribution in [3.05, 3.63) is 57.5 Å². The van der Waals surface area contributed by atoms with E-state index >= 15 is 0 Å². The molecule has 0 aliphatic heterocycles. The molecule has 1 amide bonds. The number of aromatic nitrogens is 3. The number of hydrogen-bond acceptors (Lipinski definition) is 5. The van der Waals surface area contributed by atoms with Crippen molar-refractivity contribution in [3.63, 3.8) is 0 Å². The number of amides is 1. The van der Waals surface area contributed by atoms with Crippen molar-refractivity contribution in [2.75, 3.05) is 11.1 Å². The summed E-state index contributed by atoms with van der Waals surface area (Å²) in [5.41, 5.74) is -1.43. The van der Waals surface area contributed by atoms with Crippen molar-refractivity contribution >= 4 is 46.3 Å². The summed E-state index contributed by atoms with van der Waals surface area (Å²) in [6.45, 7) is 0.639. The highest BCUT2D eigenvalue weighted by Crippen LogP contribution is 2.38. The summed E-state index contributed by atoms with van der Waals surface area (Å²) in [5.74, 6) is -0.739. The lowest BCUT2D eigenvalue weighted by atomic mass is 10.1. The van der Waals surface area contributed by atoms with E-state index in [2.05, 4.69) is 15.5 Å². The molecule has 3 aromatic rings. The molecule has 0 fully saturated rings. The van der Waals surface area contributed by atoms with Crippen molar-refractivity contribution in [2.45, 2.75) is 24.3 Å². The molecular formula is C17H14ClF3N4OS2. The Hall–Kier alpha value is -2.04. The normalized spacial score (nSPS) is 11.6. The fourth-order valence-electron chi connectivity index (χ4n) is 2.39. The first-order chi connectivity index (χ1) is 13.3. The highest BCUT2D eigenvalue weighted by Gasteiger charge is 2.34. The molecule has 3 rings (SSSR count). The van der Waals surface area contributed by atoms with Gasteiger partial charge >= 0.3 is 6.18 Å². The average molecular weight is 447 g/mol.